The van der Waals surface area contributed by atoms with Crippen molar-refractivity contribution in [2.24, 2.45) is 5.41 Å². The minimum atomic E-state index is -3.66. The topological polar surface area (TPSA) is 97.6 Å². The molecule has 2 aromatic rings. The van der Waals surface area contributed by atoms with Gasteiger partial charge >= 0.3 is 5.97 Å². The predicted molar refractivity (Wildman–Crippen MR) is 110 cm³/mol. The summed E-state index contributed by atoms with van der Waals surface area (Å²) >= 11 is 0. The fourth-order valence-corrected chi connectivity index (χ4v) is 4.54. The minimum Gasteiger partial charge on any atom is -0.460 e. The van der Waals surface area contributed by atoms with Gasteiger partial charge < -0.3 is 14.5 Å². The first kappa shape index (κ1) is 22.7. The van der Waals surface area contributed by atoms with Gasteiger partial charge in [0.25, 0.3) is 0 Å². The fourth-order valence-electron chi connectivity index (χ4n) is 3.32. The second-order valence-electron chi connectivity index (χ2n) is 7.32. The van der Waals surface area contributed by atoms with Crippen molar-refractivity contribution in [1.82, 2.24) is 10.0 Å². The van der Waals surface area contributed by atoms with Gasteiger partial charge in [0.15, 0.2) is 0 Å². The Kier molecular flexibility index (Phi) is 7.14. The molecule has 0 spiro atoms. The van der Waals surface area contributed by atoms with Crippen molar-refractivity contribution >= 4 is 39.4 Å². The third-order valence-corrected chi connectivity index (χ3v) is 6.58. The first-order chi connectivity index (χ1) is 12.8. The molecule has 1 aliphatic rings. The molecule has 1 fully saturated rings. The van der Waals surface area contributed by atoms with Crippen LogP contribution in [0.1, 0.15) is 42.8 Å². The van der Waals surface area contributed by atoms with Gasteiger partial charge in [0.1, 0.15) is 5.58 Å². The normalized spacial score (nSPS) is 16.5. The second kappa shape index (κ2) is 8.82. The van der Waals surface area contributed by atoms with Gasteiger partial charge in [-0.25, -0.2) is 17.9 Å². The van der Waals surface area contributed by atoms with Crippen molar-refractivity contribution in [3.8, 4) is 0 Å². The molecule has 156 valence electrons. The van der Waals surface area contributed by atoms with Crippen LogP contribution >= 0.6 is 12.4 Å². The highest BCUT2D eigenvalue weighted by Crippen LogP contribution is 2.30. The van der Waals surface area contributed by atoms with Crippen molar-refractivity contribution < 1.29 is 22.4 Å². The maximum Gasteiger partial charge on any atom is 0.374 e. The van der Waals surface area contributed by atoms with Crippen molar-refractivity contribution in [1.29, 1.82) is 0 Å². The molecular formula is C19H27ClN2O5S. The minimum absolute atomic E-state index is 0. The lowest BCUT2D eigenvalue weighted by Crippen LogP contribution is -2.42. The van der Waals surface area contributed by atoms with Crippen LogP contribution in [-0.4, -0.2) is 40.6 Å². The zero-order valence-electron chi connectivity index (χ0n) is 16.3. The molecule has 1 aromatic heterocycles. The van der Waals surface area contributed by atoms with E-state index in [1.807, 2.05) is 0 Å². The number of esters is 1. The van der Waals surface area contributed by atoms with Crippen LogP contribution in [0, 0.1) is 12.3 Å². The molecule has 0 unspecified atom stereocenters. The van der Waals surface area contributed by atoms with E-state index in [9.17, 15) is 13.2 Å². The van der Waals surface area contributed by atoms with Gasteiger partial charge in [0, 0.05) is 17.5 Å². The molecule has 0 amide bonds. The number of piperidine rings is 1. The molecule has 9 heteroatoms. The van der Waals surface area contributed by atoms with Gasteiger partial charge in [-0.3, -0.25) is 0 Å². The average Bonchev–Trinajstić information content (AvgIpc) is 2.98. The van der Waals surface area contributed by atoms with E-state index in [0.717, 1.165) is 25.9 Å². The molecule has 7 nitrogen and oxygen atoms in total. The van der Waals surface area contributed by atoms with E-state index in [0.29, 0.717) is 23.1 Å². The number of furan rings is 1. The summed E-state index contributed by atoms with van der Waals surface area (Å²) in [6.45, 7) is 7.98. The first-order valence-corrected chi connectivity index (χ1v) is 10.6. The third kappa shape index (κ3) is 4.68. The molecule has 0 saturated carbocycles. The number of aryl methyl sites for hydroxylation is 1. The summed E-state index contributed by atoms with van der Waals surface area (Å²) in [7, 11) is -3.66. The van der Waals surface area contributed by atoms with E-state index in [4.69, 9.17) is 9.15 Å². The van der Waals surface area contributed by atoms with Crippen LogP contribution in [0.2, 0.25) is 0 Å². The molecule has 0 aliphatic carbocycles. The lowest BCUT2D eigenvalue weighted by atomic mass is 9.81. The number of hydrogen-bond acceptors (Lipinski definition) is 6. The fraction of sp³-hybridized carbons (Fsp3) is 0.526. The number of sulfonamides is 1. The molecule has 1 aliphatic heterocycles. The van der Waals surface area contributed by atoms with E-state index in [-0.39, 0.29) is 35.1 Å². The highest BCUT2D eigenvalue weighted by molar-refractivity contribution is 7.89. The Balaban J connectivity index is 0.00000280. The summed E-state index contributed by atoms with van der Waals surface area (Å²) in [5.74, 6) is -0.441. The highest BCUT2D eigenvalue weighted by atomic mass is 35.5. The van der Waals surface area contributed by atoms with Gasteiger partial charge in [0.2, 0.25) is 15.8 Å². The van der Waals surface area contributed by atoms with Gasteiger partial charge in [-0.05, 0) is 63.4 Å². The predicted octanol–water partition coefficient (Wildman–Crippen LogP) is 3.01. The molecule has 3 rings (SSSR count). The van der Waals surface area contributed by atoms with E-state index in [1.54, 1.807) is 26.0 Å². The zero-order valence-corrected chi connectivity index (χ0v) is 18.0. The van der Waals surface area contributed by atoms with Gasteiger partial charge in [-0.15, -0.1) is 12.4 Å². The zero-order chi connectivity index (χ0) is 19.7. The number of carbonyl (C=O) groups is 1. The van der Waals surface area contributed by atoms with Crippen molar-refractivity contribution in [2.75, 3.05) is 26.2 Å². The Morgan fingerprint density at radius 3 is 2.64 bits per heavy atom. The van der Waals surface area contributed by atoms with Crippen molar-refractivity contribution in [3.63, 3.8) is 0 Å². The SMILES string of the molecule is CCOC(=O)c1oc2ccc(S(=O)(=O)NCC3(C)CCNCC3)cc2c1C.Cl. The third-order valence-electron chi connectivity index (χ3n) is 5.18. The lowest BCUT2D eigenvalue weighted by Gasteiger charge is -2.34. The van der Waals surface area contributed by atoms with Gasteiger partial charge in [-0.1, -0.05) is 6.92 Å². The van der Waals surface area contributed by atoms with Gasteiger partial charge in [0.05, 0.1) is 11.5 Å². The Bertz CT molecular complexity index is 949. The van der Waals surface area contributed by atoms with E-state index in [2.05, 4.69) is 17.0 Å². The molecule has 0 bridgehead atoms. The van der Waals surface area contributed by atoms with Crippen LogP contribution in [0.25, 0.3) is 11.0 Å². The Labute approximate surface area is 171 Å². The number of carbonyl (C=O) groups excluding carboxylic acids is 1. The van der Waals surface area contributed by atoms with Crippen LogP contribution in [0.3, 0.4) is 0 Å². The summed E-state index contributed by atoms with van der Waals surface area (Å²) in [5.41, 5.74) is 0.982. The van der Waals surface area contributed by atoms with E-state index in [1.165, 1.54) is 6.07 Å². The maximum atomic E-state index is 12.8. The molecule has 0 radical (unpaired) electrons. The summed E-state index contributed by atoms with van der Waals surface area (Å²) in [6.07, 6.45) is 1.86. The summed E-state index contributed by atoms with van der Waals surface area (Å²) in [5, 5.41) is 3.88. The second-order valence-corrected chi connectivity index (χ2v) is 9.09. The molecule has 1 aromatic carbocycles. The molecule has 1 saturated heterocycles. The number of halogens is 1. The van der Waals surface area contributed by atoms with Crippen LogP contribution in [0.15, 0.2) is 27.5 Å². The number of fused-ring (bicyclic) bond motifs is 1. The van der Waals surface area contributed by atoms with Crippen molar-refractivity contribution in [2.45, 2.75) is 38.5 Å². The smallest absolute Gasteiger partial charge is 0.374 e. The number of hydrogen-bond donors (Lipinski definition) is 2. The highest BCUT2D eigenvalue weighted by Gasteiger charge is 2.29. The Morgan fingerprint density at radius 1 is 1.32 bits per heavy atom. The average molecular weight is 431 g/mol. The Morgan fingerprint density at radius 2 is 2.00 bits per heavy atom. The standard InChI is InChI=1S/C19H26N2O5S.ClH/c1-4-25-18(22)17-13(2)15-11-14(5-6-16(15)26-17)27(23,24)21-12-19(3)7-9-20-10-8-19;/h5-6,11,20-21H,4,7-10,12H2,1-3H3;1H. The van der Waals surface area contributed by atoms with Crippen LogP contribution in [-0.2, 0) is 14.8 Å². The van der Waals surface area contributed by atoms with Crippen LogP contribution < -0.4 is 10.0 Å². The monoisotopic (exact) mass is 430 g/mol. The van der Waals surface area contributed by atoms with Crippen LogP contribution in [0.4, 0.5) is 0 Å². The number of rotatable bonds is 6. The lowest BCUT2D eigenvalue weighted by molar-refractivity contribution is 0.0491. The van der Waals surface area contributed by atoms with Crippen LogP contribution in [0.5, 0.6) is 0 Å². The molecule has 2 N–H and O–H groups in total. The number of benzene rings is 1. The molecule has 28 heavy (non-hydrogen) atoms. The number of ether oxygens (including phenoxy) is 1. The summed E-state index contributed by atoms with van der Waals surface area (Å²) < 4.78 is 38.8. The molecule has 0 atom stereocenters. The molecular weight excluding hydrogens is 404 g/mol. The van der Waals surface area contributed by atoms with E-state index < -0.39 is 16.0 Å². The van der Waals surface area contributed by atoms with E-state index >= 15 is 0 Å². The maximum absolute atomic E-state index is 12.8. The Hall–Kier alpha value is -1.61. The van der Waals surface area contributed by atoms with Gasteiger partial charge in [-0.2, -0.15) is 0 Å². The quantitative estimate of drug-likeness (QED) is 0.683. The summed E-state index contributed by atoms with van der Waals surface area (Å²) in [6, 6.07) is 4.61. The summed E-state index contributed by atoms with van der Waals surface area (Å²) in [4.78, 5) is 12.1. The molecule has 2 heterocycles. The first-order valence-electron chi connectivity index (χ1n) is 9.16. The van der Waals surface area contributed by atoms with Crippen molar-refractivity contribution in [3.05, 3.63) is 29.5 Å². The number of nitrogens with one attached hydrogen (secondary N) is 2. The largest absolute Gasteiger partial charge is 0.460 e.